The molecule has 0 spiro atoms. The minimum atomic E-state index is -2.84. The Morgan fingerprint density at radius 2 is 0.423 bits per heavy atom. The van der Waals surface area contributed by atoms with Crippen molar-refractivity contribution in [1.82, 2.24) is 19.9 Å². The number of ether oxygens (including phenoxy) is 15. The van der Waals surface area contributed by atoms with E-state index in [9.17, 15) is 57.5 Å². The second-order valence-corrected chi connectivity index (χ2v) is 33.2. The van der Waals surface area contributed by atoms with E-state index in [1.807, 2.05) is 0 Å². The summed E-state index contributed by atoms with van der Waals surface area (Å²) in [7, 11) is 0. The van der Waals surface area contributed by atoms with Crippen LogP contribution in [0.1, 0.15) is 106 Å². The number of carbonyl (C=O) groups excluding carboxylic acids is 12. The molecule has 31 nitrogen and oxygen atoms in total. The van der Waals surface area contributed by atoms with Gasteiger partial charge in [-0.15, -0.1) is 0 Å². The molecule has 137 heavy (non-hydrogen) atoms. The third kappa shape index (κ3) is 21.4. The van der Waals surface area contributed by atoms with Crippen LogP contribution in [0.4, 0.5) is 74.6 Å². The Labute approximate surface area is 770 Å². The van der Waals surface area contributed by atoms with E-state index in [2.05, 4.69) is 19.9 Å². The van der Waals surface area contributed by atoms with Crippen molar-refractivity contribution >= 4 is 153 Å². The quantitative estimate of drug-likeness (QED) is 0.0176. The number of aromatic nitrogens is 4. The molecule has 5 aliphatic rings. The largest absolute Gasteiger partial charge is 0.463 e. The SMILES string of the molecule is CC(=O)OC[C@H]1O[C@@H](Sc2c(F)c(F)c(-c3c4nc(c(-c5c(F)c(F)c(S[C@@H]6O[C@H](COC(C)=O)[C@@H](OC(C)=O)[C@H](OC(C)=O)[C@H]6OC(C)=O)c(F)c5F)c5ccc([nH]5)c(-c5c(F)c(F)c(S[C@@H]6O[C@H](COC(C)=O)[C@@H](OC(C)=O)[C@H](OC(C)=O)[C@H]6OC(C)=O)c(F)c5F)c5nc(c(-c6c(F)c(F)c(F)c(F)c6F)c6ccc3[nH]6)C=C5)C=C4)c(F)c2F)[C@H](OC(C)=O)[C@@H](OC(C)=O)[C@@H]1OC(C)=O. The smallest absolute Gasteiger partial charge is 0.303 e. The Balaban J connectivity index is 1.18. The number of H-pyrrole nitrogens is 2. The number of nitrogens with zero attached hydrogens (tertiary/aromatic N) is 2. The normalized spacial score (nSPS) is 21.6. The molecule has 5 aliphatic heterocycles. The highest BCUT2D eigenvalue weighted by atomic mass is 32.2. The molecule has 51 heteroatoms. The highest BCUT2D eigenvalue weighted by Gasteiger charge is 2.57. The molecule has 15 atom stereocenters. The fourth-order valence-electron chi connectivity index (χ4n) is 15.1. The number of nitrogens with one attached hydrogen (secondary N) is 2. The van der Waals surface area contributed by atoms with Gasteiger partial charge in [0.25, 0.3) is 0 Å². The van der Waals surface area contributed by atoms with Crippen molar-refractivity contribution in [3.05, 3.63) is 146 Å². The van der Waals surface area contributed by atoms with Crippen LogP contribution in [-0.4, -0.2) is 201 Å². The first-order valence-corrected chi connectivity index (χ1v) is 42.2. The number of esters is 12. The Bertz CT molecular complexity index is 6190. The minimum Gasteiger partial charge on any atom is -0.463 e. The van der Waals surface area contributed by atoms with Gasteiger partial charge in [-0.05, 0) is 48.6 Å². The lowest BCUT2D eigenvalue weighted by molar-refractivity contribution is -0.237. The van der Waals surface area contributed by atoms with Crippen LogP contribution in [0.15, 0.2) is 39.0 Å². The topological polar surface area (TPSA) is 401 Å². The van der Waals surface area contributed by atoms with E-state index in [-0.39, 0.29) is 0 Å². The van der Waals surface area contributed by atoms with E-state index < -0.39 is 419 Å². The average molecular weight is 2010 g/mol. The first-order chi connectivity index (χ1) is 64.4. The zero-order chi connectivity index (χ0) is 101. The standard InChI is InChI=1S/C86H67F17N4O27S3/c1-24(108)120-21-44-72(123-27(4)111)75(126-30(7)114)78(129-33(10)117)84(132-44)135-81-66(98)57(89)52(58(90)67(81)99)48-38-15-13-36(104-38)47(51-55(87)63(95)65(97)64(96)56(51)88)37-14-16-39(105-37)49(53-59(91)68(100)82(69(101)60(53)92)136-85-79(130-34(11)118)76(127-31(8)115)73(124-28(5)112)45(133-85)22-121-25(2)109)41-18-20-43(107-41)50(42-19-17-40(48)106-42)54-61(93)70(102)83(71(103)62(54)94)137-86-80(131-35(12)119)77(128-32(9)116)74(125-29(6)113)46(134-86)23-122-26(3)110/h13-20,44-46,72-80,84-86,104,107H,21-23H2,1-12H3/t44-,45-,46-,72-,73-,74-,75+,76+,77+,78-,79-,80-,84+,85+,86+/m1/s1. The molecule has 12 rings (SSSR count). The molecule has 3 saturated heterocycles. The van der Waals surface area contributed by atoms with Crippen LogP contribution in [0.25, 0.3) is 90.9 Å². The fraction of sp³-hybridized carbons (Fsp3) is 0.349. The van der Waals surface area contributed by atoms with Gasteiger partial charge in [-0.3, -0.25) is 57.5 Å². The lowest BCUT2D eigenvalue weighted by atomic mass is 9.99. The van der Waals surface area contributed by atoms with Crippen LogP contribution >= 0.6 is 35.3 Å². The lowest BCUT2D eigenvalue weighted by Crippen LogP contribution is -2.61. The summed E-state index contributed by atoms with van der Waals surface area (Å²) in [4.78, 5) is 159. The fourth-order valence-corrected chi connectivity index (χ4v) is 18.6. The van der Waals surface area contributed by atoms with Gasteiger partial charge in [-0.1, -0.05) is 35.3 Å². The highest BCUT2D eigenvalue weighted by Crippen LogP contribution is 2.51. The van der Waals surface area contributed by atoms with Crippen molar-refractivity contribution in [3.63, 3.8) is 0 Å². The summed E-state index contributed by atoms with van der Waals surface area (Å²) in [6.07, 6.45) is -22.6. The molecule has 3 fully saturated rings. The van der Waals surface area contributed by atoms with Crippen LogP contribution in [0.5, 0.6) is 0 Å². The Morgan fingerprint density at radius 1 is 0.248 bits per heavy atom. The number of fused-ring (bicyclic) bond motifs is 8. The molecule has 2 N–H and O–H groups in total. The van der Waals surface area contributed by atoms with Gasteiger partial charge in [0, 0.05) is 127 Å². The van der Waals surface area contributed by atoms with Crippen molar-refractivity contribution in [2.24, 2.45) is 0 Å². The second kappa shape index (κ2) is 41.8. The number of thioether (sulfide) groups is 3. The summed E-state index contributed by atoms with van der Waals surface area (Å²) in [5, 5.41) is 0. The van der Waals surface area contributed by atoms with Gasteiger partial charge in [-0.25, -0.2) is 84.6 Å². The summed E-state index contributed by atoms with van der Waals surface area (Å²) in [6, 6.07) is 2.24. The Kier molecular flexibility index (Phi) is 31.4. The van der Waals surface area contributed by atoms with Gasteiger partial charge < -0.3 is 81.0 Å². The van der Waals surface area contributed by atoms with Crippen molar-refractivity contribution < 1.29 is 203 Å². The van der Waals surface area contributed by atoms with Gasteiger partial charge in [0.15, 0.2) is 148 Å². The van der Waals surface area contributed by atoms with Crippen molar-refractivity contribution in [2.45, 2.75) is 187 Å². The summed E-state index contributed by atoms with van der Waals surface area (Å²) < 4.78 is 379. The number of aromatic amines is 2. The molecule has 0 radical (unpaired) electrons. The lowest BCUT2D eigenvalue weighted by Gasteiger charge is -2.44. The summed E-state index contributed by atoms with van der Waals surface area (Å²) in [5.41, 5.74) is -30.1. The van der Waals surface area contributed by atoms with Crippen molar-refractivity contribution in [1.29, 1.82) is 0 Å². The van der Waals surface area contributed by atoms with Crippen LogP contribution < -0.4 is 0 Å². The van der Waals surface area contributed by atoms with Crippen LogP contribution in [-0.2, 0) is 129 Å². The average Bonchev–Trinajstić information content (AvgIpc) is 1.47. The molecule has 8 heterocycles. The number of hydrogen-bond acceptors (Lipinski definition) is 32. The Morgan fingerprint density at radius 3 is 0.613 bits per heavy atom. The molecule has 730 valence electrons. The predicted octanol–water partition coefficient (Wildman–Crippen LogP) is 14.2. The maximum Gasteiger partial charge on any atom is 0.303 e. The number of benzene rings is 4. The number of rotatable bonds is 25. The monoisotopic (exact) mass is 2010 g/mol. The van der Waals surface area contributed by atoms with Crippen LogP contribution in [0.3, 0.4) is 0 Å². The minimum absolute atomic E-state index is 0.399. The summed E-state index contributed by atoms with van der Waals surface area (Å²) >= 11 is -1.21. The highest BCUT2D eigenvalue weighted by molar-refractivity contribution is 8.00. The molecule has 3 aromatic heterocycles. The molecular weight excluding hydrogens is 1940 g/mol. The second-order valence-electron chi connectivity index (χ2n) is 29.9. The molecule has 8 bridgehead atoms. The zero-order valence-electron chi connectivity index (χ0n) is 72.0. The van der Waals surface area contributed by atoms with E-state index in [1.165, 1.54) is 0 Å². The van der Waals surface area contributed by atoms with Crippen LogP contribution in [0.2, 0.25) is 0 Å². The first kappa shape index (κ1) is 103. The van der Waals surface area contributed by atoms with Gasteiger partial charge in [0.2, 0.25) is 5.82 Å². The molecule has 4 aromatic carbocycles. The summed E-state index contributed by atoms with van der Waals surface area (Å²) in [5.74, 6) is -59.0. The van der Waals surface area contributed by atoms with Gasteiger partial charge in [0.05, 0.1) is 59.7 Å². The van der Waals surface area contributed by atoms with E-state index in [0.29, 0.717) is 48.6 Å². The summed E-state index contributed by atoms with van der Waals surface area (Å²) in [6.45, 7) is 6.50. The van der Waals surface area contributed by atoms with Gasteiger partial charge in [0.1, 0.15) is 54.4 Å². The third-order valence-electron chi connectivity index (χ3n) is 20.2. The maximum absolute atomic E-state index is 18.4. The molecule has 0 aliphatic carbocycles. The van der Waals surface area contributed by atoms with E-state index in [1.54, 1.807) is 0 Å². The van der Waals surface area contributed by atoms with Crippen molar-refractivity contribution in [2.75, 3.05) is 19.8 Å². The van der Waals surface area contributed by atoms with E-state index in [0.717, 1.165) is 83.1 Å². The zero-order valence-corrected chi connectivity index (χ0v) is 74.4. The molecule has 0 amide bonds. The number of halogens is 17. The molecule has 7 aromatic rings. The molecule has 0 saturated carbocycles. The molecular formula is C86H67F17N4O27S3. The van der Waals surface area contributed by atoms with E-state index in [4.69, 9.17) is 71.1 Å². The molecule has 0 unspecified atom stereocenters. The number of carbonyl (C=O) groups is 12. The third-order valence-corrected chi connectivity index (χ3v) is 23.8. The van der Waals surface area contributed by atoms with Crippen molar-refractivity contribution in [3.8, 4) is 44.5 Å². The predicted molar refractivity (Wildman–Crippen MR) is 433 cm³/mol. The van der Waals surface area contributed by atoms with Gasteiger partial charge in [-0.2, -0.15) is 0 Å². The van der Waals surface area contributed by atoms with Crippen LogP contribution in [0, 0.1) is 98.9 Å². The van der Waals surface area contributed by atoms with E-state index >= 15 is 74.6 Å². The first-order valence-electron chi connectivity index (χ1n) is 39.6. The van der Waals surface area contributed by atoms with Gasteiger partial charge >= 0.3 is 71.6 Å². The maximum atomic E-state index is 18.4. The Hall–Kier alpha value is -13.1. The number of hydrogen-bond donors (Lipinski definition) is 2.